The van der Waals surface area contributed by atoms with Crippen LogP contribution < -0.4 is 10.6 Å². The summed E-state index contributed by atoms with van der Waals surface area (Å²) in [5.41, 5.74) is 0. The van der Waals surface area contributed by atoms with Crippen LogP contribution in [0.25, 0.3) is 0 Å². The number of hydrogen-bond acceptors (Lipinski definition) is 3. The van der Waals surface area contributed by atoms with Crippen molar-refractivity contribution >= 4 is 6.09 Å². The molecule has 4 heteroatoms. The van der Waals surface area contributed by atoms with Gasteiger partial charge in [-0.15, -0.1) is 0 Å². The van der Waals surface area contributed by atoms with Crippen molar-refractivity contribution in [1.82, 2.24) is 10.6 Å². The molecular formula is C9H18N2O2. The fraction of sp³-hybridized carbons (Fsp3) is 0.889. The molecule has 0 aromatic heterocycles. The highest BCUT2D eigenvalue weighted by molar-refractivity contribution is 5.67. The molecule has 0 atom stereocenters. The average molecular weight is 186 g/mol. The van der Waals surface area contributed by atoms with E-state index in [0.717, 1.165) is 25.9 Å². The third kappa shape index (κ3) is 4.12. The number of nitrogens with one attached hydrogen (secondary N) is 2. The maximum absolute atomic E-state index is 11.2. The molecule has 0 aliphatic carbocycles. The van der Waals surface area contributed by atoms with Crippen LogP contribution in [0.15, 0.2) is 0 Å². The van der Waals surface area contributed by atoms with Crippen LogP contribution in [0.4, 0.5) is 4.79 Å². The van der Waals surface area contributed by atoms with Gasteiger partial charge in [0, 0.05) is 6.04 Å². The molecule has 0 spiro atoms. The van der Waals surface area contributed by atoms with E-state index in [4.69, 9.17) is 4.74 Å². The van der Waals surface area contributed by atoms with Gasteiger partial charge in [0.2, 0.25) is 0 Å². The first-order valence-electron chi connectivity index (χ1n) is 4.86. The standard InChI is InChI=1S/C9H18N2O2/c1-7(2)13-9(12)11-8-3-5-10-6-4-8/h7-8,10H,3-6H2,1-2H3,(H,11,12). The third-order valence-electron chi connectivity index (χ3n) is 2.00. The van der Waals surface area contributed by atoms with Crippen molar-refractivity contribution in [2.24, 2.45) is 0 Å². The Morgan fingerprint density at radius 3 is 2.62 bits per heavy atom. The minimum atomic E-state index is -0.290. The Labute approximate surface area is 79.0 Å². The Kier molecular flexibility index (Phi) is 4.02. The second-order valence-electron chi connectivity index (χ2n) is 3.62. The molecule has 1 rings (SSSR count). The highest BCUT2D eigenvalue weighted by atomic mass is 16.6. The average Bonchev–Trinajstić information content (AvgIpc) is 2.04. The number of piperidine rings is 1. The minimum absolute atomic E-state index is 0.0401. The molecule has 1 fully saturated rings. The van der Waals surface area contributed by atoms with Crippen LogP contribution in [0.1, 0.15) is 26.7 Å². The first-order valence-corrected chi connectivity index (χ1v) is 4.86. The predicted octanol–water partition coefficient (Wildman–Crippen LogP) is 0.873. The minimum Gasteiger partial charge on any atom is -0.447 e. The fourth-order valence-corrected chi connectivity index (χ4v) is 1.38. The highest BCUT2D eigenvalue weighted by Crippen LogP contribution is 2.02. The van der Waals surface area contributed by atoms with Gasteiger partial charge in [0.25, 0.3) is 0 Å². The Morgan fingerprint density at radius 2 is 2.08 bits per heavy atom. The molecule has 1 amide bonds. The second kappa shape index (κ2) is 5.07. The number of carbonyl (C=O) groups is 1. The van der Waals surface area contributed by atoms with Gasteiger partial charge in [-0.2, -0.15) is 0 Å². The smallest absolute Gasteiger partial charge is 0.407 e. The number of amides is 1. The lowest BCUT2D eigenvalue weighted by atomic mass is 10.1. The topological polar surface area (TPSA) is 50.4 Å². The zero-order chi connectivity index (χ0) is 9.68. The molecule has 4 nitrogen and oxygen atoms in total. The Morgan fingerprint density at radius 1 is 1.46 bits per heavy atom. The maximum Gasteiger partial charge on any atom is 0.407 e. The summed E-state index contributed by atoms with van der Waals surface area (Å²) in [6.45, 7) is 5.66. The van der Waals surface area contributed by atoms with Crippen molar-refractivity contribution in [3.63, 3.8) is 0 Å². The van der Waals surface area contributed by atoms with Gasteiger partial charge in [-0.1, -0.05) is 0 Å². The van der Waals surface area contributed by atoms with E-state index in [-0.39, 0.29) is 18.2 Å². The van der Waals surface area contributed by atoms with Crippen LogP contribution in [0.2, 0.25) is 0 Å². The van der Waals surface area contributed by atoms with Crippen molar-refractivity contribution < 1.29 is 9.53 Å². The van der Waals surface area contributed by atoms with E-state index in [9.17, 15) is 4.79 Å². The molecule has 0 saturated carbocycles. The molecule has 0 unspecified atom stereocenters. The van der Waals surface area contributed by atoms with Gasteiger partial charge < -0.3 is 15.4 Å². The van der Waals surface area contributed by atoms with Crippen LogP contribution in [-0.2, 0) is 4.74 Å². The van der Waals surface area contributed by atoms with E-state index in [1.165, 1.54) is 0 Å². The highest BCUT2D eigenvalue weighted by Gasteiger charge is 2.16. The number of rotatable bonds is 2. The molecular weight excluding hydrogens is 168 g/mol. The zero-order valence-electron chi connectivity index (χ0n) is 8.30. The van der Waals surface area contributed by atoms with Crippen molar-refractivity contribution in [2.45, 2.75) is 38.8 Å². The molecule has 1 saturated heterocycles. The van der Waals surface area contributed by atoms with Crippen molar-refractivity contribution in [1.29, 1.82) is 0 Å². The molecule has 0 aromatic carbocycles. The monoisotopic (exact) mass is 186 g/mol. The summed E-state index contributed by atoms with van der Waals surface area (Å²) < 4.78 is 4.98. The Hall–Kier alpha value is -0.770. The fourth-order valence-electron chi connectivity index (χ4n) is 1.38. The summed E-state index contributed by atoms with van der Waals surface area (Å²) in [7, 11) is 0. The summed E-state index contributed by atoms with van der Waals surface area (Å²) in [5.74, 6) is 0. The molecule has 76 valence electrons. The van der Waals surface area contributed by atoms with E-state index in [2.05, 4.69) is 10.6 Å². The molecule has 0 radical (unpaired) electrons. The van der Waals surface area contributed by atoms with Crippen molar-refractivity contribution in [3.8, 4) is 0 Å². The first kappa shape index (κ1) is 10.3. The first-order chi connectivity index (χ1) is 6.18. The molecule has 1 heterocycles. The van der Waals surface area contributed by atoms with Crippen LogP contribution in [-0.4, -0.2) is 31.3 Å². The molecule has 1 aliphatic rings. The van der Waals surface area contributed by atoms with E-state index in [1.54, 1.807) is 0 Å². The lowest BCUT2D eigenvalue weighted by Crippen LogP contribution is -2.43. The Bertz CT molecular complexity index is 165. The summed E-state index contributed by atoms with van der Waals surface area (Å²) in [5, 5.41) is 6.09. The molecule has 2 N–H and O–H groups in total. The van der Waals surface area contributed by atoms with Gasteiger partial charge in [-0.05, 0) is 39.8 Å². The zero-order valence-corrected chi connectivity index (χ0v) is 8.30. The van der Waals surface area contributed by atoms with E-state index in [1.807, 2.05) is 13.8 Å². The van der Waals surface area contributed by atoms with E-state index >= 15 is 0 Å². The predicted molar refractivity (Wildman–Crippen MR) is 50.6 cm³/mol. The lowest BCUT2D eigenvalue weighted by molar-refractivity contribution is 0.110. The normalized spacial score (nSPS) is 18.7. The van der Waals surface area contributed by atoms with Gasteiger partial charge in [0.1, 0.15) is 0 Å². The van der Waals surface area contributed by atoms with Crippen LogP contribution >= 0.6 is 0 Å². The van der Waals surface area contributed by atoms with Gasteiger partial charge >= 0.3 is 6.09 Å². The van der Waals surface area contributed by atoms with Crippen LogP contribution in [0.3, 0.4) is 0 Å². The number of carbonyl (C=O) groups excluding carboxylic acids is 1. The van der Waals surface area contributed by atoms with E-state index < -0.39 is 0 Å². The van der Waals surface area contributed by atoms with Gasteiger partial charge in [0.05, 0.1) is 6.10 Å². The van der Waals surface area contributed by atoms with Crippen LogP contribution in [0.5, 0.6) is 0 Å². The summed E-state index contributed by atoms with van der Waals surface area (Å²) in [6, 6.07) is 0.285. The molecule has 13 heavy (non-hydrogen) atoms. The molecule has 0 bridgehead atoms. The molecule has 0 aromatic rings. The second-order valence-corrected chi connectivity index (χ2v) is 3.62. The SMILES string of the molecule is CC(C)OC(=O)NC1CCNCC1. The largest absolute Gasteiger partial charge is 0.447 e. The Balaban J connectivity index is 2.18. The number of alkyl carbamates (subject to hydrolysis) is 1. The van der Waals surface area contributed by atoms with Gasteiger partial charge in [-0.3, -0.25) is 0 Å². The van der Waals surface area contributed by atoms with Gasteiger partial charge in [-0.25, -0.2) is 4.79 Å². The van der Waals surface area contributed by atoms with Crippen molar-refractivity contribution in [3.05, 3.63) is 0 Å². The van der Waals surface area contributed by atoms with Gasteiger partial charge in [0.15, 0.2) is 0 Å². The quantitative estimate of drug-likeness (QED) is 0.673. The van der Waals surface area contributed by atoms with E-state index in [0.29, 0.717) is 0 Å². The molecule has 1 aliphatic heterocycles. The number of hydrogen-bond donors (Lipinski definition) is 2. The third-order valence-corrected chi connectivity index (χ3v) is 2.00. The van der Waals surface area contributed by atoms with Crippen molar-refractivity contribution in [2.75, 3.05) is 13.1 Å². The number of ether oxygens (including phenoxy) is 1. The maximum atomic E-state index is 11.2. The summed E-state index contributed by atoms with van der Waals surface area (Å²) in [4.78, 5) is 11.2. The summed E-state index contributed by atoms with van der Waals surface area (Å²) in [6.07, 6.45) is 1.66. The summed E-state index contributed by atoms with van der Waals surface area (Å²) >= 11 is 0. The lowest BCUT2D eigenvalue weighted by Gasteiger charge is -2.23. The van der Waals surface area contributed by atoms with Crippen LogP contribution in [0, 0.1) is 0 Å².